The third kappa shape index (κ3) is 2.35. The molecule has 0 aliphatic heterocycles. The van der Waals surface area contributed by atoms with Crippen LogP contribution >= 0.6 is 0 Å². The molecule has 2 aromatic rings. The van der Waals surface area contributed by atoms with E-state index in [-0.39, 0.29) is 17.2 Å². The second-order valence-corrected chi connectivity index (χ2v) is 7.04. The second-order valence-electron chi connectivity index (χ2n) is 7.04. The Balaban J connectivity index is 1.62. The molecule has 24 heavy (non-hydrogen) atoms. The Hall–Kier alpha value is -2.13. The first-order valence-electron chi connectivity index (χ1n) is 8.61. The maximum atomic E-state index is 12.4. The lowest BCUT2D eigenvalue weighted by Gasteiger charge is -2.19. The molecule has 0 saturated heterocycles. The highest BCUT2D eigenvalue weighted by Gasteiger charge is 2.66. The van der Waals surface area contributed by atoms with Crippen LogP contribution in [-0.2, 0) is 15.0 Å². The van der Waals surface area contributed by atoms with Gasteiger partial charge in [0.2, 0.25) is 5.91 Å². The first-order valence-corrected chi connectivity index (χ1v) is 8.61. The molecule has 0 bridgehead atoms. The van der Waals surface area contributed by atoms with Gasteiger partial charge in [-0.05, 0) is 35.8 Å². The molecule has 2 fully saturated rings. The van der Waals surface area contributed by atoms with Gasteiger partial charge in [-0.25, -0.2) is 5.06 Å². The van der Waals surface area contributed by atoms with E-state index < -0.39 is 0 Å². The predicted octanol–water partition coefficient (Wildman–Crippen LogP) is 3.65. The Morgan fingerprint density at radius 2 is 1.58 bits per heavy atom. The number of hydroxylamine groups is 2. The molecule has 2 aliphatic rings. The van der Waals surface area contributed by atoms with Crippen LogP contribution in [0.15, 0.2) is 60.7 Å². The zero-order chi connectivity index (χ0) is 16.7. The minimum Gasteiger partial charge on any atom is -0.275 e. The number of benzene rings is 2. The van der Waals surface area contributed by atoms with E-state index in [1.54, 1.807) is 14.2 Å². The fraction of sp³-hybridized carbons (Fsp3) is 0.381. The van der Waals surface area contributed by atoms with E-state index in [9.17, 15) is 4.79 Å². The van der Waals surface area contributed by atoms with E-state index in [4.69, 9.17) is 4.84 Å². The molecule has 2 saturated carbocycles. The third-order valence-corrected chi connectivity index (χ3v) is 5.85. The molecule has 0 unspecified atom stereocenters. The molecule has 1 amide bonds. The lowest BCUT2D eigenvalue weighted by Crippen LogP contribution is -2.27. The van der Waals surface area contributed by atoms with Crippen molar-refractivity contribution >= 4 is 5.91 Å². The highest BCUT2D eigenvalue weighted by molar-refractivity contribution is 5.81. The normalized spacial score (nSPS) is 26.7. The van der Waals surface area contributed by atoms with Crippen molar-refractivity contribution in [2.75, 3.05) is 14.2 Å². The SMILES string of the molecule is CON(C)C(=O)[C@H]1C[C@@H]1[C@H]1CC1(c1ccccc1)c1ccccc1. The van der Waals surface area contributed by atoms with Crippen LogP contribution in [0.5, 0.6) is 0 Å². The Labute approximate surface area is 143 Å². The number of hydrogen-bond acceptors (Lipinski definition) is 2. The first-order chi connectivity index (χ1) is 11.7. The van der Waals surface area contributed by atoms with E-state index in [0.717, 1.165) is 12.8 Å². The van der Waals surface area contributed by atoms with Gasteiger partial charge in [0, 0.05) is 18.4 Å². The first kappa shape index (κ1) is 15.4. The fourth-order valence-electron chi connectivity index (χ4n) is 4.37. The van der Waals surface area contributed by atoms with E-state index in [0.29, 0.717) is 11.8 Å². The molecule has 0 aromatic heterocycles. The van der Waals surface area contributed by atoms with Gasteiger partial charge in [0.1, 0.15) is 0 Å². The van der Waals surface area contributed by atoms with Gasteiger partial charge in [-0.3, -0.25) is 9.63 Å². The minimum atomic E-state index is 0.0772. The number of amides is 1. The van der Waals surface area contributed by atoms with Crippen molar-refractivity contribution in [2.24, 2.45) is 17.8 Å². The molecule has 3 heteroatoms. The van der Waals surface area contributed by atoms with Crippen LogP contribution in [-0.4, -0.2) is 25.1 Å². The van der Waals surface area contributed by atoms with Gasteiger partial charge in [0.05, 0.1) is 7.11 Å². The summed E-state index contributed by atoms with van der Waals surface area (Å²) in [4.78, 5) is 17.4. The average molecular weight is 321 g/mol. The summed E-state index contributed by atoms with van der Waals surface area (Å²) in [6.45, 7) is 0. The van der Waals surface area contributed by atoms with Crippen LogP contribution in [0.4, 0.5) is 0 Å². The van der Waals surface area contributed by atoms with Crippen LogP contribution in [0.3, 0.4) is 0 Å². The molecule has 3 nitrogen and oxygen atoms in total. The maximum Gasteiger partial charge on any atom is 0.249 e. The molecule has 124 valence electrons. The summed E-state index contributed by atoms with van der Waals surface area (Å²) in [5.74, 6) is 1.25. The smallest absolute Gasteiger partial charge is 0.249 e. The summed E-state index contributed by atoms with van der Waals surface area (Å²) in [6.07, 6.45) is 2.12. The van der Waals surface area contributed by atoms with E-state index in [2.05, 4.69) is 60.7 Å². The van der Waals surface area contributed by atoms with Gasteiger partial charge in [-0.15, -0.1) is 0 Å². The molecule has 2 aliphatic carbocycles. The summed E-state index contributed by atoms with van der Waals surface area (Å²) in [5, 5.41) is 1.37. The maximum absolute atomic E-state index is 12.4. The van der Waals surface area contributed by atoms with Crippen molar-refractivity contribution in [1.29, 1.82) is 0 Å². The molecule has 4 rings (SSSR count). The lowest BCUT2D eigenvalue weighted by molar-refractivity contribution is -0.170. The highest BCUT2D eigenvalue weighted by atomic mass is 16.7. The molecule has 2 aromatic carbocycles. The van der Waals surface area contributed by atoms with Crippen molar-refractivity contribution < 1.29 is 9.63 Å². The molecular formula is C21H23NO2. The Bertz CT molecular complexity index is 689. The minimum absolute atomic E-state index is 0.0772. The van der Waals surface area contributed by atoms with Gasteiger partial charge in [0.15, 0.2) is 0 Å². The van der Waals surface area contributed by atoms with Crippen molar-refractivity contribution in [3.63, 3.8) is 0 Å². The number of carbonyl (C=O) groups is 1. The molecule has 3 atom stereocenters. The van der Waals surface area contributed by atoms with Gasteiger partial charge in [-0.1, -0.05) is 60.7 Å². The number of hydrogen-bond donors (Lipinski definition) is 0. The summed E-state index contributed by atoms with van der Waals surface area (Å²) < 4.78 is 0. The number of carbonyl (C=O) groups excluding carboxylic acids is 1. The topological polar surface area (TPSA) is 29.5 Å². The van der Waals surface area contributed by atoms with E-state index >= 15 is 0 Å². The molecular weight excluding hydrogens is 298 g/mol. The summed E-state index contributed by atoms with van der Waals surface area (Å²) in [6, 6.07) is 21.5. The zero-order valence-electron chi connectivity index (χ0n) is 14.2. The molecule has 0 N–H and O–H groups in total. The molecule has 0 spiro atoms. The van der Waals surface area contributed by atoms with Gasteiger partial charge >= 0.3 is 0 Å². The Kier molecular flexibility index (Phi) is 3.69. The van der Waals surface area contributed by atoms with Crippen molar-refractivity contribution in [3.8, 4) is 0 Å². The van der Waals surface area contributed by atoms with E-state index in [1.807, 2.05) is 0 Å². The van der Waals surface area contributed by atoms with Crippen LogP contribution in [0, 0.1) is 17.8 Å². The summed E-state index contributed by atoms with van der Waals surface area (Å²) in [7, 11) is 3.25. The standard InChI is InChI=1S/C21H23NO2/c1-22(24-2)20(23)18-13-17(18)19-14-21(19,15-9-5-3-6-10-15)16-11-7-4-8-12-16/h3-12,17-19H,13-14H2,1-2H3/t17-,18-,19+/m0/s1. The van der Waals surface area contributed by atoms with Crippen LogP contribution < -0.4 is 0 Å². The number of nitrogens with zero attached hydrogens (tertiary/aromatic N) is 1. The van der Waals surface area contributed by atoms with Crippen LogP contribution in [0.25, 0.3) is 0 Å². The molecule has 0 radical (unpaired) electrons. The van der Waals surface area contributed by atoms with Crippen molar-refractivity contribution in [1.82, 2.24) is 5.06 Å². The van der Waals surface area contributed by atoms with Gasteiger partial charge in [-0.2, -0.15) is 0 Å². The largest absolute Gasteiger partial charge is 0.275 e. The Morgan fingerprint density at radius 3 is 2.08 bits per heavy atom. The fourth-order valence-corrected chi connectivity index (χ4v) is 4.37. The highest BCUT2D eigenvalue weighted by Crippen LogP contribution is 2.68. The number of rotatable bonds is 5. The van der Waals surface area contributed by atoms with Crippen LogP contribution in [0.1, 0.15) is 24.0 Å². The predicted molar refractivity (Wildman–Crippen MR) is 93.1 cm³/mol. The molecule has 0 heterocycles. The summed E-state index contributed by atoms with van der Waals surface area (Å²) >= 11 is 0. The van der Waals surface area contributed by atoms with E-state index in [1.165, 1.54) is 16.2 Å². The monoisotopic (exact) mass is 321 g/mol. The Morgan fingerprint density at radius 1 is 1.04 bits per heavy atom. The van der Waals surface area contributed by atoms with Gasteiger partial charge < -0.3 is 0 Å². The third-order valence-electron chi connectivity index (χ3n) is 5.85. The summed E-state index contributed by atoms with van der Waals surface area (Å²) in [5.41, 5.74) is 2.83. The van der Waals surface area contributed by atoms with Gasteiger partial charge in [0.25, 0.3) is 0 Å². The zero-order valence-corrected chi connectivity index (χ0v) is 14.2. The quantitative estimate of drug-likeness (QED) is 0.787. The van der Waals surface area contributed by atoms with Crippen molar-refractivity contribution in [3.05, 3.63) is 71.8 Å². The lowest BCUT2D eigenvalue weighted by atomic mass is 9.84. The average Bonchev–Trinajstić information content (AvgIpc) is 3.54. The van der Waals surface area contributed by atoms with Crippen molar-refractivity contribution in [2.45, 2.75) is 18.3 Å². The van der Waals surface area contributed by atoms with Crippen LogP contribution in [0.2, 0.25) is 0 Å². The second kappa shape index (κ2) is 5.75.